The van der Waals surface area contributed by atoms with Gasteiger partial charge in [0.05, 0.1) is 25.6 Å². The molecule has 5 N–H and O–H groups in total. The van der Waals surface area contributed by atoms with Gasteiger partial charge in [-0.3, -0.25) is 23.4 Å². The average molecular weight is 403 g/mol. The maximum atomic E-state index is 11.8. The number of imidazole rings is 1. The summed E-state index contributed by atoms with van der Waals surface area (Å²) in [6, 6.07) is 0. The van der Waals surface area contributed by atoms with Gasteiger partial charge in [0.2, 0.25) is 5.95 Å². The molecule has 1 unspecified atom stereocenters. The minimum absolute atomic E-state index is 0.0712. The highest BCUT2D eigenvalue weighted by Gasteiger charge is 2.37. The van der Waals surface area contributed by atoms with Crippen LogP contribution < -0.4 is 11.3 Å². The Morgan fingerprint density at radius 1 is 1.52 bits per heavy atom. The number of phosphoric acid groups is 1. The van der Waals surface area contributed by atoms with Crippen LogP contribution in [0.15, 0.2) is 11.1 Å². The van der Waals surface area contributed by atoms with Crippen molar-refractivity contribution in [2.75, 3.05) is 18.9 Å². The molecule has 2 aromatic heterocycles. The molecule has 0 aromatic carbocycles. The highest BCUT2D eigenvalue weighted by molar-refractivity contribution is 7.47. The first kappa shape index (κ1) is 19.9. The van der Waals surface area contributed by atoms with Crippen molar-refractivity contribution in [3.8, 4) is 0 Å². The van der Waals surface area contributed by atoms with Gasteiger partial charge < -0.3 is 20.5 Å². The van der Waals surface area contributed by atoms with E-state index in [1.54, 1.807) is 0 Å². The minimum Gasteiger partial charge on any atom is -0.390 e. The molecular formula is C14H22N5O7P. The monoisotopic (exact) mass is 403 g/mol. The standard InChI is InChI=1S/C14H22N5O7P/c1-2-3-4-24-27(22,23)25-6-9-8(20)5-10(26-9)19-7-16-11-12(19)17-14(15)18-13(11)21/h7-10,20H,2-6H2,1H3,(H,22,23)(H3,15,17,18,21)/t8-,9+,10+/m0/s1. The van der Waals surface area contributed by atoms with Crippen LogP contribution in [0.25, 0.3) is 11.2 Å². The second kappa shape index (κ2) is 8.05. The molecule has 13 heteroatoms. The van der Waals surface area contributed by atoms with Crippen molar-refractivity contribution < 1.29 is 28.3 Å². The molecular weight excluding hydrogens is 381 g/mol. The third kappa shape index (κ3) is 4.54. The number of H-pyrrole nitrogens is 1. The van der Waals surface area contributed by atoms with E-state index in [9.17, 15) is 19.4 Å². The molecule has 0 aliphatic carbocycles. The van der Waals surface area contributed by atoms with Gasteiger partial charge >= 0.3 is 7.82 Å². The number of aromatic nitrogens is 4. The summed E-state index contributed by atoms with van der Waals surface area (Å²) in [6.45, 7) is 1.69. The molecule has 1 aliphatic rings. The highest BCUT2D eigenvalue weighted by Crippen LogP contribution is 2.44. The molecule has 0 spiro atoms. The van der Waals surface area contributed by atoms with E-state index in [4.69, 9.17) is 19.5 Å². The van der Waals surface area contributed by atoms with E-state index < -0.39 is 31.8 Å². The van der Waals surface area contributed by atoms with Gasteiger partial charge in [0.1, 0.15) is 12.3 Å². The zero-order valence-corrected chi connectivity index (χ0v) is 15.5. The Labute approximate surface area is 153 Å². The van der Waals surface area contributed by atoms with Crippen molar-refractivity contribution in [2.24, 2.45) is 0 Å². The number of unbranched alkanes of at least 4 members (excludes halogenated alkanes) is 1. The number of hydrogen-bond donors (Lipinski definition) is 4. The maximum absolute atomic E-state index is 11.8. The zero-order chi connectivity index (χ0) is 19.6. The number of anilines is 1. The lowest BCUT2D eigenvalue weighted by molar-refractivity contribution is -0.0439. The fraction of sp³-hybridized carbons (Fsp3) is 0.643. The number of fused-ring (bicyclic) bond motifs is 1. The summed E-state index contributed by atoms with van der Waals surface area (Å²) in [4.78, 5) is 31.9. The summed E-state index contributed by atoms with van der Waals surface area (Å²) in [5.74, 6) is -0.0712. The Morgan fingerprint density at radius 2 is 2.30 bits per heavy atom. The second-order valence-electron chi connectivity index (χ2n) is 6.16. The SMILES string of the molecule is CCCCOP(=O)(O)OC[C@H]1O[C@@H](n2cnc3c(=O)[nH]c(N)nc32)C[C@@H]1O. The quantitative estimate of drug-likeness (QED) is 0.354. The van der Waals surface area contributed by atoms with Gasteiger partial charge in [-0.15, -0.1) is 0 Å². The van der Waals surface area contributed by atoms with Crippen molar-refractivity contribution >= 4 is 24.9 Å². The van der Waals surface area contributed by atoms with Gasteiger partial charge in [-0.05, 0) is 6.42 Å². The molecule has 27 heavy (non-hydrogen) atoms. The molecule has 0 amide bonds. The van der Waals surface area contributed by atoms with Crippen LogP contribution in [-0.2, 0) is 18.3 Å². The van der Waals surface area contributed by atoms with E-state index in [1.807, 2.05) is 6.92 Å². The summed E-state index contributed by atoms with van der Waals surface area (Å²) in [5.41, 5.74) is 5.38. The molecule has 1 saturated heterocycles. The topological polar surface area (TPSA) is 175 Å². The van der Waals surface area contributed by atoms with Crippen LogP contribution in [0.2, 0.25) is 0 Å². The van der Waals surface area contributed by atoms with Crippen molar-refractivity contribution in [2.45, 2.75) is 44.6 Å². The predicted molar refractivity (Wildman–Crippen MR) is 93.7 cm³/mol. The fourth-order valence-electron chi connectivity index (χ4n) is 2.72. The summed E-state index contributed by atoms with van der Waals surface area (Å²) in [7, 11) is -4.22. The summed E-state index contributed by atoms with van der Waals surface area (Å²) in [6.07, 6.45) is 0.447. The number of ether oxygens (including phenoxy) is 1. The third-order valence-corrected chi connectivity index (χ3v) is 5.10. The number of phosphoric ester groups is 1. The number of nitrogens with one attached hydrogen (secondary N) is 1. The first-order valence-corrected chi connectivity index (χ1v) is 9.98. The van der Waals surface area contributed by atoms with Crippen molar-refractivity contribution in [1.82, 2.24) is 19.5 Å². The van der Waals surface area contributed by atoms with E-state index >= 15 is 0 Å². The molecule has 3 heterocycles. The molecule has 150 valence electrons. The molecule has 1 fully saturated rings. The Kier molecular flexibility index (Phi) is 5.94. The summed E-state index contributed by atoms with van der Waals surface area (Å²) >= 11 is 0. The number of nitrogens with zero attached hydrogens (tertiary/aromatic N) is 3. The Hall–Kier alpha value is -1.82. The van der Waals surface area contributed by atoms with E-state index in [-0.39, 0.29) is 36.7 Å². The first-order chi connectivity index (χ1) is 12.8. The van der Waals surface area contributed by atoms with Crippen LogP contribution >= 0.6 is 7.82 Å². The number of nitrogens with two attached hydrogens (primary N) is 1. The molecule has 0 saturated carbocycles. The lowest BCUT2D eigenvalue weighted by Crippen LogP contribution is -2.26. The fourth-order valence-corrected chi connectivity index (χ4v) is 3.49. The van der Waals surface area contributed by atoms with Crippen LogP contribution in [-0.4, -0.2) is 54.9 Å². The Morgan fingerprint density at radius 3 is 3.04 bits per heavy atom. The minimum atomic E-state index is -4.22. The number of rotatable bonds is 8. The second-order valence-corrected chi connectivity index (χ2v) is 7.61. The number of aliphatic hydroxyl groups is 1. The first-order valence-electron chi connectivity index (χ1n) is 8.48. The van der Waals surface area contributed by atoms with Gasteiger partial charge in [-0.1, -0.05) is 13.3 Å². The van der Waals surface area contributed by atoms with E-state index in [0.29, 0.717) is 6.42 Å². The molecule has 3 rings (SSSR count). The maximum Gasteiger partial charge on any atom is 0.472 e. The zero-order valence-electron chi connectivity index (χ0n) is 14.6. The van der Waals surface area contributed by atoms with Crippen LogP contribution in [0.3, 0.4) is 0 Å². The lowest BCUT2D eigenvalue weighted by atomic mass is 10.2. The Bertz CT molecular complexity index is 900. The molecule has 4 atom stereocenters. The van der Waals surface area contributed by atoms with E-state index in [1.165, 1.54) is 10.9 Å². The predicted octanol–water partition coefficient (Wildman–Crippen LogP) is 0.284. The molecule has 0 radical (unpaired) electrons. The highest BCUT2D eigenvalue weighted by atomic mass is 31.2. The average Bonchev–Trinajstić information content (AvgIpc) is 3.16. The van der Waals surface area contributed by atoms with Crippen LogP contribution in [0, 0.1) is 0 Å². The van der Waals surface area contributed by atoms with Gasteiger partial charge in [0.15, 0.2) is 11.2 Å². The lowest BCUT2D eigenvalue weighted by Gasteiger charge is -2.18. The summed E-state index contributed by atoms with van der Waals surface area (Å²) < 4.78 is 28.7. The Balaban J connectivity index is 1.67. The van der Waals surface area contributed by atoms with Gasteiger partial charge in [-0.2, -0.15) is 4.98 Å². The van der Waals surface area contributed by atoms with Crippen LogP contribution in [0.1, 0.15) is 32.4 Å². The molecule has 1 aliphatic heterocycles. The van der Waals surface area contributed by atoms with Gasteiger partial charge in [0.25, 0.3) is 5.56 Å². The smallest absolute Gasteiger partial charge is 0.390 e. The number of aliphatic hydroxyl groups excluding tert-OH is 1. The number of hydrogen-bond acceptors (Lipinski definition) is 9. The van der Waals surface area contributed by atoms with E-state index in [2.05, 4.69) is 15.0 Å². The van der Waals surface area contributed by atoms with E-state index in [0.717, 1.165) is 6.42 Å². The third-order valence-electron chi connectivity index (χ3n) is 4.12. The molecule has 12 nitrogen and oxygen atoms in total. The number of aromatic amines is 1. The normalized spacial score (nSPS) is 25.1. The number of nitrogen functional groups attached to an aromatic ring is 1. The van der Waals surface area contributed by atoms with Crippen LogP contribution in [0.4, 0.5) is 5.95 Å². The van der Waals surface area contributed by atoms with Gasteiger partial charge in [-0.25, -0.2) is 9.55 Å². The molecule has 2 aromatic rings. The van der Waals surface area contributed by atoms with Gasteiger partial charge in [0, 0.05) is 6.42 Å². The van der Waals surface area contributed by atoms with Crippen LogP contribution in [0.5, 0.6) is 0 Å². The van der Waals surface area contributed by atoms with Crippen molar-refractivity contribution in [1.29, 1.82) is 0 Å². The van der Waals surface area contributed by atoms with Crippen molar-refractivity contribution in [3.63, 3.8) is 0 Å². The largest absolute Gasteiger partial charge is 0.472 e. The summed E-state index contributed by atoms with van der Waals surface area (Å²) in [5, 5.41) is 10.2. The van der Waals surface area contributed by atoms with Crippen molar-refractivity contribution in [3.05, 3.63) is 16.7 Å². The molecule has 0 bridgehead atoms.